The van der Waals surface area contributed by atoms with Gasteiger partial charge in [-0.15, -0.1) is 0 Å². The van der Waals surface area contributed by atoms with Gasteiger partial charge in [-0.1, -0.05) is 6.92 Å². The minimum Gasteiger partial charge on any atom is -0.209 e. The molecule has 0 N–H and O–H groups in total. The molecule has 0 saturated carbocycles. The highest BCUT2D eigenvalue weighted by Gasteiger charge is 1.96. The van der Waals surface area contributed by atoms with Crippen LogP contribution in [0.15, 0.2) is 11.7 Å². The Morgan fingerprint density at radius 3 is 2.00 bits per heavy atom. The Morgan fingerprint density at radius 2 is 1.88 bits per heavy atom. The predicted octanol–water partition coefficient (Wildman–Crippen LogP) is 2.96. The molecule has 0 nitrogen and oxygen atoms in total. The van der Waals surface area contributed by atoms with Crippen LogP contribution in [0.25, 0.3) is 0 Å². The van der Waals surface area contributed by atoms with E-state index in [1.807, 2.05) is 6.92 Å². The number of hydrogen-bond acceptors (Lipinski definition) is 0. The van der Waals surface area contributed by atoms with Crippen molar-refractivity contribution in [1.82, 2.24) is 0 Å². The van der Waals surface area contributed by atoms with Crippen molar-refractivity contribution < 1.29 is 8.78 Å². The van der Waals surface area contributed by atoms with Crippen LogP contribution in [0.1, 0.15) is 26.7 Å². The number of rotatable bonds is 2. The first kappa shape index (κ1) is 7.60. The van der Waals surface area contributed by atoms with Gasteiger partial charge in [0.1, 0.15) is 11.7 Å². The minimum absolute atomic E-state index is 0.225. The van der Waals surface area contributed by atoms with Crippen molar-refractivity contribution in [2.45, 2.75) is 26.7 Å². The van der Waals surface area contributed by atoms with E-state index in [9.17, 15) is 8.78 Å². The summed E-state index contributed by atoms with van der Waals surface area (Å²) in [4.78, 5) is 0. The number of hydrogen-bond donors (Lipinski definition) is 0. The molecule has 0 spiro atoms. The first-order valence-electron chi connectivity index (χ1n) is 2.69. The van der Waals surface area contributed by atoms with Gasteiger partial charge in [0, 0.05) is 6.42 Å². The highest BCUT2D eigenvalue weighted by Crippen LogP contribution is 2.12. The van der Waals surface area contributed by atoms with E-state index in [1.54, 1.807) is 0 Å². The van der Waals surface area contributed by atoms with Crippen molar-refractivity contribution >= 4 is 0 Å². The average molecular weight is 120 g/mol. The van der Waals surface area contributed by atoms with Gasteiger partial charge in [0.05, 0.1) is 0 Å². The van der Waals surface area contributed by atoms with E-state index >= 15 is 0 Å². The molecular formula is C6H10F2. The molecule has 48 valence electrons. The van der Waals surface area contributed by atoms with Crippen molar-refractivity contribution in [2.75, 3.05) is 0 Å². The van der Waals surface area contributed by atoms with Crippen molar-refractivity contribution in [3.63, 3.8) is 0 Å². The van der Waals surface area contributed by atoms with E-state index in [4.69, 9.17) is 0 Å². The van der Waals surface area contributed by atoms with Gasteiger partial charge in [0.25, 0.3) is 0 Å². The molecule has 0 aliphatic rings. The van der Waals surface area contributed by atoms with Gasteiger partial charge in [0.15, 0.2) is 0 Å². The number of halogens is 2. The highest BCUT2D eigenvalue weighted by molar-refractivity contribution is 4.95. The summed E-state index contributed by atoms with van der Waals surface area (Å²) in [6.07, 6.45) is 0.884. The summed E-state index contributed by atoms with van der Waals surface area (Å²) in [7, 11) is 0. The summed E-state index contributed by atoms with van der Waals surface area (Å²) in [6, 6.07) is 0. The van der Waals surface area contributed by atoms with Crippen LogP contribution in [0, 0.1) is 0 Å². The second-order valence-corrected chi connectivity index (χ2v) is 1.69. The lowest BCUT2D eigenvalue weighted by Crippen LogP contribution is -1.74. The monoisotopic (exact) mass is 120 g/mol. The fourth-order valence-corrected chi connectivity index (χ4v) is 0.392. The first-order valence-corrected chi connectivity index (χ1v) is 2.69. The lowest BCUT2D eigenvalue weighted by Gasteiger charge is -1.90. The molecule has 0 amide bonds. The molecule has 0 fully saturated rings. The molecule has 0 aliphatic carbocycles. The Kier molecular flexibility index (Phi) is 3.40. The maximum Gasteiger partial charge on any atom is 0.131 e. The molecule has 0 rings (SSSR count). The normalized spacial score (nSPS) is 13.5. The molecule has 0 aliphatic heterocycles. The summed E-state index contributed by atoms with van der Waals surface area (Å²) >= 11 is 0. The summed E-state index contributed by atoms with van der Waals surface area (Å²) in [5.74, 6) is -1.31. The second kappa shape index (κ2) is 3.58. The second-order valence-electron chi connectivity index (χ2n) is 1.69. The Bertz CT molecular complexity index is 90.7. The zero-order valence-electron chi connectivity index (χ0n) is 5.17. The van der Waals surface area contributed by atoms with Crippen LogP contribution >= 0.6 is 0 Å². The van der Waals surface area contributed by atoms with Crippen LogP contribution < -0.4 is 0 Å². The Balaban J connectivity index is 3.62. The molecule has 0 bridgehead atoms. The summed E-state index contributed by atoms with van der Waals surface area (Å²) < 4.78 is 23.8. The third kappa shape index (κ3) is 2.72. The largest absolute Gasteiger partial charge is 0.209 e. The molecule has 0 aromatic rings. The third-order valence-electron chi connectivity index (χ3n) is 0.843. The standard InChI is InChI=1S/C6H10F2/c1-3-4-6(8)5(2)7/h3-4H2,1-2H3/b6-5+. The zero-order chi connectivity index (χ0) is 6.57. The first-order chi connectivity index (χ1) is 3.68. The molecule has 0 aromatic heterocycles. The molecule has 0 atom stereocenters. The fourth-order valence-electron chi connectivity index (χ4n) is 0.392. The lowest BCUT2D eigenvalue weighted by atomic mass is 10.3. The SMILES string of the molecule is CCC/C(F)=C(/C)F. The van der Waals surface area contributed by atoms with Crippen molar-refractivity contribution in [3.8, 4) is 0 Å². The van der Waals surface area contributed by atoms with Crippen LogP contribution in [-0.4, -0.2) is 0 Å². The van der Waals surface area contributed by atoms with Crippen LogP contribution in [0.4, 0.5) is 8.78 Å². The lowest BCUT2D eigenvalue weighted by molar-refractivity contribution is 0.507. The summed E-state index contributed by atoms with van der Waals surface area (Å²) in [5.41, 5.74) is 0. The molecule has 0 unspecified atom stereocenters. The van der Waals surface area contributed by atoms with Gasteiger partial charge >= 0.3 is 0 Å². The smallest absolute Gasteiger partial charge is 0.131 e. The van der Waals surface area contributed by atoms with Gasteiger partial charge < -0.3 is 0 Å². The Hall–Kier alpha value is -0.400. The van der Waals surface area contributed by atoms with E-state index in [2.05, 4.69) is 0 Å². The molecule has 2 heteroatoms. The van der Waals surface area contributed by atoms with Crippen molar-refractivity contribution in [1.29, 1.82) is 0 Å². The van der Waals surface area contributed by atoms with E-state index in [-0.39, 0.29) is 6.42 Å². The summed E-state index contributed by atoms with van der Waals surface area (Å²) in [6.45, 7) is 2.94. The maximum atomic E-state index is 12.0. The quantitative estimate of drug-likeness (QED) is 0.525. The predicted molar refractivity (Wildman–Crippen MR) is 29.8 cm³/mol. The van der Waals surface area contributed by atoms with Crippen molar-refractivity contribution in [3.05, 3.63) is 11.7 Å². The van der Waals surface area contributed by atoms with Crippen LogP contribution in [0.2, 0.25) is 0 Å². The van der Waals surface area contributed by atoms with E-state index in [0.29, 0.717) is 6.42 Å². The van der Waals surface area contributed by atoms with Gasteiger partial charge in [-0.3, -0.25) is 0 Å². The zero-order valence-corrected chi connectivity index (χ0v) is 5.17. The van der Waals surface area contributed by atoms with Gasteiger partial charge in [-0.05, 0) is 13.3 Å². The van der Waals surface area contributed by atoms with Crippen molar-refractivity contribution in [2.24, 2.45) is 0 Å². The van der Waals surface area contributed by atoms with E-state index in [0.717, 1.165) is 6.92 Å². The highest BCUT2D eigenvalue weighted by atomic mass is 19.2. The van der Waals surface area contributed by atoms with Gasteiger partial charge in [-0.2, -0.15) is 0 Å². The maximum absolute atomic E-state index is 12.0. The van der Waals surface area contributed by atoms with Gasteiger partial charge in [0.2, 0.25) is 0 Å². The van der Waals surface area contributed by atoms with E-state index in [1.165, 1.54) is 0 Å². The summed E-state index contributed by atoms with van der Waals surface area (Å²) in [5, 5.41) is 0. The molecular weight excluding hydrogens is 110 g/mol. The Morgan fingerprint density at radius 1 is 1.38 bits per heavy atom. The van der Waals surface area contributed by atoms with Crippen LogP contribution in [-0.2, 0) is 0 Å². The third-order valence-corrected chi connectivity index (χ3v) is 0.843. The molecule has 0 saturated heterocycles. The van der Waals surface area contributed by atoms with Gasteiger partial charge in [-0.25, -0.2) is 8.78 Å². The molecule has 0 radical (unpaired) electrons. The topological polar surface area (TPSA) is 0 Å². The Labute approximate surface area is 48.2 Å². The number of allylic oxidation sites excluding steroid dienone is 2. The van der Waals surface area contributed by atoms with E-state index < -0.39 is 11.7 Å². The minimum atomic E-state index is -0.688. The average Bonchev–Trinajstić information content (AvgIpc) is 1.67. The molecule has 0 heterocycles. The fraction of sp³-hybridized carbons (Fsp3) is 0.667. The molecule has 8 heavy (non-hydrogen) atoms. The van der Waals surface area contributed by atoms with Crippen LogP contribution in [0.5, 0.6) is 0 Å². The van der Waals surface area contributed by atoms with Crippen LogP contribution in [0.3, 0.4) is 0 Å². The molecule has 0 aromatic carbocycles.